The lowest BCUT2D eigenvalue weighted by atomic mass is 10.3. The molecule has 0 amide bonds. The minimum Gasteiger partial charge on any atom is -0.370 e. The molecular weight excluding hydrogens is 336 g/mol. The summed E-state index contributed by atoms with van der Waals surface area (Å²) in [4.78, 5) is 13.5. The van der Waals surface area contributed by atoms with E-state index in [1.807, 2.05) is 18.2 Å². The topological polar surface area (TPSA) is 50.7 Å². The van der Waals surface area contributed by atoms with E-state index in [1.54, 1.807) is 18.0 Å². The van der Waals surface area contributed by atoms with Crippen LogP contribution in [0.1, 0.15) is 26.1 Å². The summed E-state index contributed by atoms with van der Waals surface area (Å²) in [6, 6.07) is 5.85. The number of rotatable bonds is 6. The van der Waals surface area contributed by atoms with Crippen LogP contribution in [0.3, 0.4) is 0 Å². The molecular formula is C14H17BrN4S. The highest BCUT2D eigenvalue weighted by Crippen LogP contribution is 2.31. The molecule has 6 heteroatoms. The molecule has 1 N–H and O–H groups in total. The summed E-state index contributed by atoms with van der Waals surface area (Å²) < 4.78 is 0.977. The number of nitrogens with one attached hydrogen (secondary N) is 1. The van der Waals surface area contributed by atoms with E-state index in [0.717, 1.165) is 45.6 Å². The maximum atomic E-state index is 4.59. The third kappa shape index (κ3) is 4.18. The third-order valence-electron chi connectivity index (χ3n) is 2.51. The summed E-state index contributed by atoms with van der Waals surface area (Å²) in [5.74, 6) is 1.75. The van der Waals surface area contributed by atoms with Crippen molar-refractivity contribution in [3.05, 3.63) is 34.7 Å². The van der Waals surface area contributed by atoms with Crippen LogP contribution < -0.4 is 5.32 Å². The Morgan fingerprint density at radius 1 is 1.30 bits per heavy atom. The number of anilines is 1. The van der Waals surface area contributed by atoms with Crippen molar-refractivity contribution in [2.75, 3.05) is 11.9 Å². The number of hydrogen-bond acceptors (Lipinski definition) is 5. The second kappa shape index (κ2) is 7.59. The Balaban J connectivity index is 2.28. The van der Waals surface area contributed by atoms with Crippen molar-refractivity contribution in [2.45, 2.75) is 36.7 Å². The average molecular weight is 353 g/mol. The van der Waals surface area contributed by atoms with E-state index in [2.05, 4.69) is 50.0 Å². The highest BCUT2D eigenvalue weighted by Gasteiger charge is 2.08. The highest BCUT2D eigenvalue weighted by molar-refractivity contribution is 9.10. The lowest BCUT2D eigenvalue weighted by molar-refractivity contribution is 0.809. The zero-order valence-corrected chi connectivity index (χ0v) is 14.0. The molecule has 0 aliphatic heterocycles. The Kier molecular flexibility index (Phi) is 5.79. The molecule has 0 radical (unpaired) electrons. The van der Waals surface area contributed by atoms with Gasteiger partial charge in [0.05, 0.1) is 4.47 Å². The van der Waals surface area contributed by atoms with E-state index in [1.165, 1.54) is 0 Å². The van der Waals surface area contributed by atoms with Crippen LogP contribution in [0.15, 0.2) is 38.9 Å². The van der Waals surface area contributed by atoms with E-state index in [0.29, 0.717) is 0 Å². The summed E-state index contributed by atoms with van der Waals surface area (Å²) in [6.45, 7) is 5.04. The van der Waals surface area contributed by atoms with E-state index >= 15 is 0 Å². The summed E-state index contributed by atoms with van der Waals surface area (Å²) in [5, 5.41) is 5.08. The summed E-state index contributed by atoms with van der Waals surface area (Å²) in [7, 11) is 0. The summed E-state index contributed by atoms with van der Waals surface area (Å²) >= 11 is 5.06. The number of aromatic nitrogens is 3. The van der Waals surface area contributed by atoms with Gasteiger partial charge in [0.25, 0.3) is 0 Å². The van der Waals surface area contributed by atoms with E-state index in [9.17, 15) is 0 Å². The predicted octanol–water partition coefficient (Wildman–Crippen LogP) is 4.17. The SMILES string of the molecule is CCCc1nc(NCC)cc(Sc2ncccc2Br)n1. The van der Waals surface area contributed by atoms with Gasteiger partial charge in [0.1, 0.15) is 21.7 Å². The highest BCUT2D eigenvalue weighted by atomic mass is 79.9. The molecule has 0 unspecified atom stereocenters. The van der Waals surface area contributed by atoms with Gasteiger partial charge in [-0.3, -0.25) is 0 Å². The van der Waals surface area contributed by atoms with Gasteiger partial charge in [-0.15, -0.1) is 0 Å². The predicted molar refractivity (Wildman–Crippen MR) is 86.3 cm³/mol. The maximum Gasteiger partial charge on any atom is 0.132 e. The standard InChI is InChI=1S/C14H17BrN4S/c1-3-6-11-18-12(16-4-2)9-13(19-11)20-14-10(15)7-5-8-17-14/h5,7-9H,3-4,6H2,1-2H3,(H,16,18,19). The smallest absolute Gasteiger partial charge is 0.132 e. The quantitative estimate of drug-likeness (QED) is 0.790. The molecule has 2 rings (SSSR count). The van der Waals surface area contributed by atoms with Crippen LogP contribution in [-0.2, 0) is 6.42 Å². The molecule has 4 nitrogen and oxygen atoms in total. The van der Waals surface area contributed by atoms with Crippen molar-refractivity contribution in [3.8, 4) is 0 Å². The lowest BCUT2D eigenvalue weighted by Gasteiger charge is -2.08. The van der Waals surface area contributed by atoms with Gasteiger partial charge in [-0.25, -0.2) is 15.0 Å². The molecule has 106 valence electrons. The number of pyridine rings is 1. The zero-order valence-electron chi connectivity index (χ0n) is 11.6. The first-order chi connectivity index (χ1) is 9.72. The van der Waals surface area contributed by atoms with Crippen LogP contribution in [0, 0.1) is 0 Å². The van der Waals surface area contributed by atoms with Crippen LogP contribution in [0.5, 0.6) is 0 Å². The van der Waals surface area contributed by atoms with Gasteiger partial charge in [0.15, 0.2) is 0 Å². The molecule has 2 aromatic rings. The fourth-order valence-corrected chi connectivity index (χ4v) is 2.97. The van der Waals surface area contributed by atoms with Crippen LogP contribution in [-0.4, -0.2) is 21.5 Å². The second-order valence-electron chi connectivity index (χ2n) is 4.18. The normalized spacial score (nSPS) is 10.6. The molecule has 0 atom stereocenters. The molecule has 0 aromatic carbocycles. The van der Waals surface area contributed by atoms with E-state index in [4.69, 9.17) is 0 Å². The summed E-state index contributed by atoms with van der Waals surface area (Å²) in [6.07, 6.45) is 3.70. The second-order valence-corrected chi connectivity index (χ2v) is 6.04. The molecule has 0 fully saturated rings. The molecule has 0 bridgehead atoms. The minimum atomic E-state index is 0.847. The number of halogens is 1. The Morgan fingerprint density at radius 3 is 2.85 bits per heavy atom. The largest absolute Gasteiger partial charge is 0.370 e. The summed E-state index contributed by atoms with van der Waals surface area (Å²) in [5.41, 5.74) is 0. The van der Waals surface area contributed by atoms with Crippen LogP contribution >= 0.6 is 27.7 Å². The van der Waals surface area contributed by atoms with Crippen LogP contribution in [0.2, 0.25) is 0 Å². The van der Waals surface area contributed by atoms with Gasteiger partial charge in [-0.2, -0.15) is 0 Å². The molecule has 20 heavy (non-hydrogen) atoms. The van der Waals surface area contributed by atoms with Crippen molar-refractivity contribution < 1.29 is 0 Å². The minimum absolute atomic E-state index is 0.847. The van der Waals surface area contributed by atoms with Crippen LogP contribution in [0.25, 0.3) is 0 Å². The lowest BCUT2D eigenvalue weighted by Crippen LogP contribution is -2.04. The van der Waals surface area contributed by atoms with Crippen molar-refractivity contribution >= 4 is 33.5 Å². The average Bonchev–Trinajstić information content (AvgIpc) is 2.42. The van der Waals surface area contributed by atoms with Gasteiger partial charge in [0, 0.05) is 25.2 Å². The van der Waals surface area contributed by atoms with Gasteiger partial charge < -0.3 is 5.32 Å². The Labute approximate surface area is 132 Å². The fourth-order valence-electron chi connectivity index (χ4n) is 1.68. The fraction of sp³-hybridized carbons (Fsp3) is 0.357. The van der Waals surface area contributed by atoms with E-state index in [-0.39, 0.29) is 0 Å². The van der Waals surface area contributed by atoms with Crippen molar-refractivity contribution in [1.29, 1.82) is 0 Å². The molecule has 0 saturated heterocycles. The molecule has 0 aliphatic rings. The van der Waals surface area contributed by atoms with Crippen molar-refractivity contribution in [3.63, 3.8) is 0 Å². The maximum absolute atomic E-state index is 4.59. The first-order valence-corrected chi connectivity index (χ1v) is 8.24. The molecule has 0 saturated carbocycles. The first kappa shape index (κ1) is 15.3. The van der Waals surface area contributed by atoms with Gasteiger partial charge in [-0.05, 0) is 53.2 Å². The molecule has 0 spiro atoms. The monoisotopic (exact) mass is 352 g/mol. The van der Waals surface area contributed by atoms with Crippen molar-refractivity contribution in [1.82, 2.24) is 15.0 Å². The van der Waals surface area contributed by atoms with Gasteiger partial charge >= 0.3 is 0 Å². The Bertz CT molecular complexity index is 553. The van der Waals surface area contributed by atoms with Crippen LogP contribution in [0.4, 0.5) is 5.82 Å². The number of nitrogens with zero attached hydrogens (tertiary/aromatic N) is 3. The Hall–Kier alpha value is -1.14. The molecule has 2 heterocycles. The first-order valence-electron chi connectivity index (χ1n) is 6.63. The number of hydrogen-bond donors (Lipinski definition) is 1. The Morgan fingerprint density at radius 2 is 2.15 bits per heavy atom. The molecule has 0 aliphatic carbocycles. The zero-order chi connectivity index (χ0) is 14.4. The van der Waals surface area contributed by atoms with E-state index < -0.39 is 0 Å². The number of aryl methyl sites for hydroxylation is 1. The molecule has 2 aromatic heterocycles. The van der Waals surface area contributed by atoms with Crippen molar-refractivity contribution in [2.24, 2.45) is 0 Å². The third-order valence-corrected chi connectivity index (χ3v) is 4.35. The van der Waals surface area contributed by atoms with Gasteiger partial charge in [0.2, 0.25) is 0 Å². The van der Waals surface area contributed by atoms with Gasteiger partial charge in [-0.1, -0.05) is 6.92 Å².